The summed E-state index contributed by atoms with van der Waals surface area (Å²) in [6.07, 6.45) is 0. The van der Waals surface area contributed by atoms with E-state index in [0.29, 0.717) is 16.3 Å². The highest BCUT2D eigenvalue weighted by Crippen LogP contribution is 2.23. The van der Waals surface area contributed by atoms with Crippen LogP contribution in [0.15, 0.2) is 65.6 Å². The first-order valence-electron chi connectivity index (χ1n) is 9.75. The molecule has 3 N–H and O–H groups in total. The van der Waals surface area contributed by atoms with Gasteiger partial charge in [0.25, 0.3) is 21.8 Å². The summed E-state index contributed by atoms with van der Waals surface area (Å²) in [5.41, 5.74) is 6.70. The Kier molecular flexibility index (Phi) is 7.25. The third-order valence-corrected chi connectivity index (χ3v) is 6.38. The molecule has 0 aromatic heterocycles. The van der Waals surface area contributed by atoms with Crippen LogP contribution in [-0.2, 0) is 10.0 Å². The Labute approximate surface area is 196 Å². The molecule has 0 spiro atoms. The van der Waals surface area contributed by atoms with Crippen LogP contribution in [0.3, 0.4) is 0 Å². The first-order chi connectivity index (χ1) is 15.6. The molecule has 8 nitrogen and oxygen atoms in total. The van der Waals surface area contributed by atoms with Crippen molar-refractivity contribution in [1.29, 1.82) is 0 Å². The second kappa shape index (κ2) is 9.93. The smallest absolute Gasteiger partial charge is 0.273 e. The largest absolute Gasteiger partial charge is 0.496 e. The summed E-state index contributed by atoms with van der Waals surface area (Å²) in [5.74, 6) is -1.06. The van der Waals surface area contributed by atoms with Gasteiger partial charge in [0.1, 0.15) is 5.75 Å². The van der Waals surface area contributed by atoms with Crippen molar-refractivity contribution in [2.75, 3.05) is 11.8 Å². The van der Waals surface area contributed by atoms with E-state index in [-0.39, 0.29) is 21.8 Å². The summed E-state index contributed by atoms with van der Waals surface area (Å²) < 4.78 is 33.2. The van der Waals surface area contributed by atoms with Crippen LogP contribution in [0.2, 0.25) is 5.02 Å². The van der Waals surface area contributed by atoms with Gasteiger partial charge in [0.05, 0.1) is 17.6 Å². The molecule has 0 aliphatic rings. The van der Waals surface area contributed by atoms with Crippen molar-refractivity contribution in [3.05, 3.63) is 87.9 Å². The molecular weight excluding hydrogens is 466 g/mol. The molecule has 0 bridgehead atoms. The minimum absolute atomic E-state index is 0.0835. The Balaban J connectivity index is 1.77. The normalized spacial score (nSPS) is 10.9. The predicted octanol–water partition coefficient (Wildman–Crippen LogP) is 3.84. The monoisotopic (exact) mass is 487 g/mol. The number of amides is 2. The molecule has 0 saturated carbocycles. The molecule has 3 aromatic carbocycles. The van der Waals surface area contributed by atoms with E-state index >= 15 is 0 Å². The number of methoxy groups -OCH3 is 1. The first kappa shape index (κ1) is 24.1. The molecule has 0 atom stereocenters. The lowest BCUT2D eigenvalue weighted by Crippen LogP contribution is -2.42. The maximum Gasteiger partial charge on any atom is 0.273 e. The molecule has 0 saturated heterocycles. The van der Waals surface area contributed by atoms with E-state index in [1.807, 2.05) is 6.92 Å². The summed E-state index contributed by atoms with van der Waals surface area (Å²) in [6, 6.07) is 15.5. The standard InChI is InChI=1S/C23H22ClN3O5S/c1-14-4-8-17(9-5-14)27-33(30,31)18-10-6-15(2)19(13-18)22(28)25-26-23(29)20-12-16(24)7-11-21(20)32-3/h4-13,27H,1-3H3,(H,25,28)(H,26,29). The van der Waals surface area contributed by atoms with Gasteiger partial charge in [-0.2, -0.15) is 0 Å². The van der Waals surface area contributed by atoms with Crippen molar-refractivity contribution in [2.45, 2.75) is 18.7 Å². The number of hydrogen-bond acceptors (Lipinski definition) is 5. The maximum atomic E-state index is 12.8. The van der Waals surface area contributed by atoms with E-state index in [4.69, 9.17) is 16.3 Å². The number of hydrogen-bond donors (Lipinski definition) is 3. The first-order valence-corrected chi connectivity index (χ1v) is 11.6. The molecule has 3 aromatic rings. The van der Waals surface area contributed by atoms with E-state index in [2.05, 4.69) is 15.6 Å². The highest BCUT2D eigenvalue weighted by molar-refractivity contribution is 7.92. The molecular formula is C23H22ClN3O5S. The van der Waals surface area contributed by atoms with E-state index in [9.17, 15) is 18.0 Å². The number of hydrazine groups is 1. The second-order valence-corrected chi connectivity index (χ2v) is 9.32. The zero-order valence-electron chi connectivity index (χ0n) is 18.1. The number of halogens is 1. The average Bonchev–Trinajstić information content (AvgIpc) is 2.78. The zero-order valence-corrected chi connectivity index (χ0v) is 19.7. The average molecular weight is 488 g/mol. The molecule has 0 heterocycles. The fourth-order valence-corrected chi connectivity index (χ4v) is 4.21. The van der Waals surface area contributed by atoms with Crippen LogP contribution < -0.4 is 20.3 Å². The van der Waals surface area contributed by atoms with Gasteiger partial charge in [-0.15, -0.1) is 0 Å². The number of benzene rings is 3. The lowest BCUT2D eigenvalue weighted by Gasteiger charge is -2.13. The van der Waals surface area contributed by atoms with Crippen LogP contribution in [0.4, 0.5) is 5.69 Å². The lowest BCUT2D eigenvalue weighted by molar-refractivity contribution is 0.0844. The topological polar surface area (TPSA) is 114 Å². The Hall–Kier alpha value is -3.56. The van der Waals surface area contributed by atoms with Gasteiger partial charge in [-0.25, -0.2) is 8.42 Å². The van der Waals surface area contributed by atoms with E-state index < -0.39 is 21.8 Å². The summed E-state index contributed by atoms with van der Waals surface area (Å²) in [6.45, 7) is 3.55. The number of sulfonamides is 1. The molecule has 0 aliphatic carbocycles. The van der Waals surface area contributed by atoms with Gasteiger partial charge in [0.15, 0.2) is 0 Å². The molecule has 33 heavy (non-hydrogen) atoms. The quantitative estimate of drug-likeness (QED) is 0.457. The summed E-state index contributed by atoms with van der Waals surface area (Å²) in [4.78, 5) is 25.1. The minimum atomic E-state index is -3.94. The third-order valence-electron chi connectivity index (χ3n) is 4.76. The number of anilines is 1. The number of carbonyl (C=O) groups excluding carboxylic acids is 2. The van der Waals surface area contributed by atoms with Crippen LogP contribution in [0, 0.1) is 13.8 Å². The van der Waals surface area contributed by atoms with Gasteiger partial charge in [-0.05, 0) is 61.9 Å². The lowest BCUT2D eigenvalue weighted by atomic mass is 10.1. The van der Waals surface area contributed by atoms with Crippen molar-refractivity contribution in [3.63, 3.8) is 0 Å². The number of ether oxygens (including phenoxy) is 1. The SMILES string of the molecule is COc1ccc(Cl)cc1C(=O)NNC(=O)c1cc(S(=O)(=O)Nc2ccc(C)cc2)ccc1C. The fraction of sp³-hybridized carbons (Fsp3) is 0.130. The summed E-state index contributed by atoms with van der Waals surface area (Å²) in [5, 5.41) is 0.321. The van der Waals surface area contributed by atoms with Gasteiger partial charge >= 0.3 is 0 Å². The van der Waals surface area contributed by atoms with Gasteiger partial charge in [0, 0.05) is 16.3 Å². The molecule has 2 amide bonds. The summed E-state index contributed by atoms with van der Waals surface area (Å²) in [7, 11) is -2.53. The van der Waals surface area contributed by atoms with Gasteiger partial charge in [-0.1, -0.05) is 35.4 Å². The summed E-state index contributed by atoms with van der Waals surface area (Å²) >= 11 is 5.94. The van der Waals surface area contributed by atoms with E-state index in [0.717, 1.165) is 5.56 Å². The van der Waals surface area contributed by atoms with Gasteiger partial charge < -0.3 is 4.74 Å². The third kappa shape index (κ3) is 5.82. The molecule has 0 aliphatic heterocycles. The van der Waals surface area contributed by atoms with Crippen molar-refractivity contribution < 1.29 is 22.7 Å². The number of rotatable bonds is 6. The van der Waals surface area contributed by atoms with Crippen molar-refractivity contribution >= 4 is 39.1 Å². The Morgan fingerprint density at radius 3 is 2.12 bits per heavy atom. The molecule has 3 rings (SSSR count). The van der Waals surface area contributed by atoms with Crippen LogP contribution in [0.25, 0.3) is 0 Å². The molecule has 172 valence electrons. The van der Waals surface area contributed by atoms with Crippen LogP contribution in [-0.4, -0.2) is 27.3 Å². The van der Waals surface area contributed by atoms with Gasteiger partial charge in [-0.3, -0.25) is 25.2 Å². The molecule has 10 heteroatoms. The molecule has 0 unspecified atom stereocenters. The number of nitrogens with one attached hydrogen (secondary N) is 3. The van der Waals surface area contributed by atoms with Crippen LogP contribution in [0.1, 0.15) is 31.8 Å². The zero-order chi connectivity index (χ0) is 24.2. The predicted molar refractivity (Wildman–Crippen MR) is 126 cm³/mol. The highest BCUT2D eigenvalue weighted by Gasteiger charge is 2.19. The van der Waals surface area contributed by atoms with E-state index in [1.54, 1.807) is 37.3 Å². The highest BCUT2D eigenvalue weighted by atomic mass is 35.5. The maximum absolute atomic E-state index is 12.8. The molecule has 0 fully saturated rings. The van der Waals surface area contributed by atoms with Crippen molar-refractivity contribution in [1.82, 2.24) is 10.9 Å². The van der Waals surface area contributed by atoms with Gasteiger partial charge in [0.2, 0.25) is 0 Å². The van der Waals surface area contributed by atoms with E-state index in [1.165, 1.54) is 37.4 Å². The van der Waals surface area contributed by atoms with Crippen molar-refractivity contribution in [3.8, 4) is 5.75 Å². The van der Waals surface area contributed by atoms with Crippen LogP contribution >= 0.6 is 11.6 Å². The fourth-order valence-electron chi connectivity index (χ4n) is 2.95. The Morgan fingerprint density at radius 2 is 1.48 bits per heavy atom. The second-order valence-electron chi connectivity index (χ2n) is 7.20. The van der Waals surface area contributed by atoms with Crippen molar-refractivity contribution in [2.24, 2.45) is 0 Å². The Bertz CT molecular complexity index is 1310. The van der Waals surface area contributed by atoms with Crippen LogP contribution in [0.5, 0.6) is 5.75 Å². The Morgan fingerprint density at radius 1 is 0.848 bits per heavy atom. The molecule has 0 radical (unpaired) electrons. The number of carbonyl (C=O) groups is 2. The minimum Gasteiger partial charge on any atom is -0.496 e. The number of aryl methyl sites for hydroxylation is 2.